The molecule has 5 heteroatoms. The quantitative estimate of drug-likeness (QED) is 0.842. The molecule has 0 saturated carbocycles. The van der Waals surface area contributed by atoms with Crippen LogP contribution in [0, 0.1) is 5.82 Å². The van der Waals surface area contributed by atoms with Crippen molar-refractivity contribution in [2.45, 2.75) is 25.0 Å². The molecule has 3 heterocycles. The van der Waals surface area contributed by atoms with Crippen LogP contribution in [0.4, 0.5) is 10.1 Å². The highest BCUT2D eigenvalue weighted by atomic mass is 32.1. The van der Waals surface area contributed by atoms with Crippen LogP contribution < -0.4 is 4.90 Å². The number of rotatable bonds is 3. The monoisotopic (exact) mass is 346 g/mol. The Bertz CT molecular complexity index is 674. The maximum atomic E-state index is 13.6. The van der Waals surface area contributed by atoms with E-state index in [1.165, 1.54) is 10.9 Å². The van der Waals surface area contributed by atoms with E-state index < -0.39 is 0 Å². The molecular formula is C19H23FN2OS. The van der Waals surface area contributed by atoms with E-state index in [9.17, 15) is 4.39 Å². The number of benzene rings is 1. The molecule has 0 amide bonds. The van der Waals surface area contributed by atoms with Crippen molar-refractivity contribution in [1.82, 2.24) is 4.90 Å². The van der Waals surface area contributed by atoms with Crippen LogP contribution >= 0.6 is 11.3 Å². The first-order valence-corrected chi connectivity index (χ1v) is 9.50. The summed E-state index contributed by atoms with van der Waals surface area (Å²) in [6.07, 6.45) is 2.17. The fraction of sp³-hybridized carbons (Fsp3) is 0.474. The molecule has 0 radical (unpaired) electrons. The van der Waals surface area contributed by atoms with Gasteiger partial charge in [0.25, 0.3) is 0 Å². The molecule has 2 fully saturated rings. The summed E-state index contributed by atoms with van der Waals surface area (Å²) in [6, 6.07) is 11.2. The lowest BCUT2D eigenvalue weighted by Crippen LogP contribution is -2.59. The summed E-state index contributed by atoms with van der Waals surface area (Å²) >= 11 is 1.82. The maximum absolute atomic E-state index is 13.6. The zero-order valence-corrected chi connectivity index (χ0v) is 14.6. The molecular weight excluding hydrogens is 323 g/mol. The number of nitrogens with zero attached hydrogens (tertiary/aromatic N) is 2. The van der Waals surface area contributed by atoms with Crippen LogP contribution in [0.2, 0.25) is 0 Å². The summed E-state index contributed by atoms with van der Waals surface area (Å²) in [4.78, 5) is 6.19. The average molecular weight is 346 g/mol. The molecule has 2 aliphatic heterocycles. The first-order valence-electron chi connectivity index (χ1n) is 8.62. The molecule has 0 bridgehead atoms. The molecule has 2 aliphatic rings. The number of hydrogen-bond donors (Lipinski definition) is 0. The van der Waals surface area contributed by atoms with E-state index in [-0.39, 0.29) is 11.4 Å². The Labute approximate surface area is 146 Å². The van der Waals surface area contributed by atoms with Crippen molar-refractivity contribution in [3.05, 3.63) is 52.5 Å². The molecule has 0 N–H and O–H groups in total. The summed E-state index contributed by atoms with van der Waals surface area (Å²) in [5, 5.41) is 2.14. The molecule has 3 nitrogen and oxygen atoms in total. The van der Waals surface area contributed by atoms with Crippen molar-refractivity contribution in [1.29, 1.82) is 0 Å². The SMILES string of the molecule is Fc1cccc(N2CCCC3(CN(Cc4cccs4)CCO3)C2)c1. The smallest absolute Gasteiger partial charge is 0.125 e. The van der Waals surface area contributed by atoms with Gasteiger partial charge in [0.05, 0.1) is 12.2 Å². The number of ether oxygens (including phenoxy) is 1. The van der Waals surface area contributed by atoms with Gasteiger partial charge in [-0.3, -0.25) is 4.90 Å². The number of morpholine rings is 1. The molecule has 2 aromatic rings. The van der Waals surface area contributed by atoms with Crippen molar-refractivity contribution in [2.24, 2.45) is 0 Å². The first-order chi connectivity index (χ1) is 11.7. The zero-order chi connectivity index (χ0) is 16.4. The molecule has 1 aromatic heterocycles. The van der Waals surface area contributed by atoms with Gasteiger partial charge in [-0.1, -0.05) is 12.1 Å². The largest absolute Gasteiger partial charge is 0.370 e. The van der Waals surface area contributed by atoms with Gasteiger partial charge in [0.15, 0.2) is 0 Å². The van der Waals surface area contributed by atoms with E-state index in [4.69, 9.17) is 4.74 Å². The third kappa shape index (κ3) is 3.48. The number of thiophene rings is 1. The Morgan fingerprint density at radius 3 is 2.96 bits per heavy atom. The lowest BCUT2D eigenvalue weighted by molar-refractivity contribution is -0.116. The fourth-order valence-electron chi connectivity index (χ4n) is 3.92. The van der Waals surface area contributed by atoms with E-state index in [0.29, 0.717) is 0 Å². The van der Waals surface area contributed by atoms with Gasteiger partial charge < -0.3 is 9.64 Å². The van der Waals surface area contributed by atoms with Crippen LogP contribution in [0.15, 0.2) is 41.8 Å². The van der Waals surface area contributed by atoms with Gasteiger partial charge >= 0.3 is 0 Å². The van der Waals surface area contributed by atoms with Crippen LogP contribution in [-0.4, -0.2) is 43.3 Å². The predicted octanol–water partition coefficient (Wildman–Crippen LogP) is 3.76. The second-order valence-electron chi connectivity index (χ2n) is 6.83. The second kappa shape index (κ2) is 6.82. The van der Waals surface area contributed by atoms with E-state index in [2.05, 4.69) is 27.3 Å². The highest BCUT2D eigenvalue weighted by Gasteiger charge is 2.40. The lowest BCUT2D eigenvalue weighted by atomic mass is 9.90. The summed E-state index contributed by atoms with van der Waals surface area (Å²) in [5.74, 6) is -0.170. The van der Waals surface area contributed by atoms with Crippen molar-refractivity contribution in [2.75, 3.05) is 37.7 Å². The van der Waals surface area contributed by atoms with Gasteiger partial charge in [0.1, 0.15) is 5.82 Å². The van der Waals surface area contributed by atoms with Gasteiger partial charge in [-0.15, -0.1) is 11.3 Å². The molecule has 1 aromatic carbocycles. The van der Waals surface area contributed by atoms with E-state index >= 15 is 0 Å². The van der Waals surface area contributed by atoms with Gasteiger partial charge in [-0.2, -0.15) is 0 Å². The highest BCUT2D eigenvalue weighted by Crippen LogP contribution is 2.32. The number of hydrogen-bond acceptors (Lipinski definition) is 4. The van der Waals surface area contributed by atoms with Crippen molar-refractivity contribution < 1.29 is 9.13 Å². The molecule has 1 unspecified atom stereocenters. The van der Waals surface area contributed by atoms with E-state index in [1.807, 2.05) is 17.4 Å². The number of anilines is 1. The minimum atomic E-state index is -0.170. The van der Waals surface area contributed by atoms with Crippen molar-refractivity contribution in [3.63, 3.8) is 0 Å². The number of piperidine rings is 1. The van der Waals surface area contributed by atoms with E-state index in [1.54, 1.807) is 12.1 Å². The maximum Gasteiger partial charge on any atom is 0.125 e. The third-order valence-corrected chi connectivity index (χ3v) is 5.86. The van der Waals surface area contributed by atoms with Crippen molar-refractivity contribution in [3.8, 4) is 0 Å². The average Bonchev–Trinajstić information content (AvgIpc) is 3.08. The molecule has 2 saturated heterocycles. The predicted molar refractivity (Wildman–Crippen MR) is 96.1 cm³/mol. The molecule has 1 spiro atoms. The first kappa shape index (κ1) is 16.1. The van der Waals surface area contributed by atoms with Gasteiger partial charge in [0.2, 0.25) is 0 Å². The van der Waals surface area contributed by atoms with E-state index in [0.717, 1.165) is 57.9 Å². The fourth-order valence-corrected chi connectivity index (χ4v) is 4.67. The second-order valence-corrected chi connectivity index (χ2v) is 7.86. The Hall–Kier alpha value is -1.43. The zero-order valence-electron chi connectivity index (χ0n) is 13.8. The van der Waals surface area contributed by atoms with Crippen LogP contribution in [0.3, 0.4) is 0 Å². The highest BCUT2D eigenvalue weighted by molar-refractivity contribution is 7.09. The molecule has 128 valence electrons. The Balaban J connectivity index is 1.47. The van der Waals surface area contributed by atoms with Crippen LogP contribution in [0.5, 0.6) is 0 Å². The standard InChI is InChI=1S/C19H23FN2OS/c20-16-4-1-5-17(12-16)22-8-3-7-19(15-22)14-21(9-10-23-19)13-18-6-2-11-24-18/h1-2,4-6,11-12H,3,7-10,13-15H2. The minimum absolute atomic E-state index is 0.125. The molecule has 24 heavy (non-hydrogen) atoms. The molecule has 4 rings (SSSR count). The van der Waals surface area contributed by atoms with Crippen LogP contribution in [0.25, 0.3) is 0 Å². The molecule has 0 aliphatic carbocycles. The van der Waals surface area contributed by atoms with Gasteiger partial charge in [-0.25, -0.2) is 4.39 Å². The van der Waals surface area contributed by atoms with Crippen LogP contribution in [-0.2, 0) is 11.3 Å². The Kier molecular flexibility index (Phi) is 4.57. The Morgan fingerprint density at radius 1 is 1.17 bits per heavy atom. The number of halogens is 1. The normalized spacial score (nSPS) is 25.3. The summed E-state index contributed by atoms with van der Waals surface area (Å²) in [6.45, 7) is 5.54. The van der Waals surface area contributed by atoms with Crippen LogP contribution in [0.1, 0.15) is 17.7 Å². The molecule has 1 atom stereocenters. The van der Waals surface area contributed by atoms with Crippen molar-refractivity contribution >= 4 is 17.0 Å². The lowest BCUT2D eigenvalue weighted by Gasteiger charge is -2.48. The minimum Gasteiger partial charge on any atom is -0.370 e. The Morgan fingerprint density at radius 2 is 2.12 bits per heavy atom. The third-order valence-electron chi connectivity index (χ3n) is 5.00. The summed E-state index contributed by atoms with van der Waals surface area (Å²) in [5.41, 5.74) is 0.841. The van der Waals surface area contributed by atoms with Gasteiger partial charge in [0, 0.05) is 43.3 Å². The topological polar surface area (TPSA) is 15.7 Å². The summed E-state index contributed by atoms with van der Waals surface area (Å²) < 4.78 is 19.8. The van der Waals surface area contributed by atoms with Gasteiger partial charge in [-0.05, 0) is 42.5 Å². The summed E-state index contributed by atoms with van der Waals surface area (Å²) in [7, 11) is 0.